The highest BCUT2D eigenvalue weighted by Gasteiger charge is 2.59. The number of aliphatic imine (C=N–C) groups is 1. The van der Waals surface area contributed by atoms with Crippen molar-refractivity contribution in [3.8, 4) is 0 Å². The zero-order valence-corrected chi connectivity index (χ0v) is 16.1. The van der Waals surface area contributed by atoms with E-state index in [2.05, 4.69) is 42.7 Å². The lowest BCUT2D eigenvalue weighted by Gasteiger charge is -2.55. The third kappa shape index (κ3) is 3.73. The summed E-state index contributed by atoms with van der Waals surface area (Å²) in [4.78, 5) is 6.64. The summed E-state index contributed by atoms with van der Waals surface area (Å²) in [5.74, 6) is 1.64. The molecule has 0 amide bonds. The van der Waals surface area contributed by atoms with Crippen molar-refractivity contribution in [3.05, 3.63) is 12.7 Å². The molecule has 2 rings (SSSR count). The van der Waals surface area contributed by atoms with Crippen LogP contribution in [0.2, 0.25) is 0 Å². The quantitative estimate of drug-likeness (QED) is 0.250. The van der Waals surface area contributed by atoms with Gasteiger partial charge in [-0.25, -0.2) is 0 Å². The van der Waals surface area contributed by atoms with Gasteiger partial charge in [0.15, 0.2) is 5.96 Å². The molecule has 1 aliphatic carbocycles. The fourth-order valence-corrected chi connectivity index (χ4v) is 3.68. The van der Waals surface area contributed by atoms with Crippen LogP contribution in [-0.2, 0) is 4.74 Å². The Morgan fingerprint density at radius 3 is 2.86 bits per heavy atom. The number of guanidine groups is 1. The molecule has 4 nitrogen and oxygen atoms in total. The van der Waals surface area contributed by atoms with Crippen LogP contribution in [0.3, 0.4) is 0 Å². The highest BCUT2D eigenvalue weighted by molar-refractivity contribution is 14.0. The van der Waals surface area contributed by atoms with Crippen molar-refractivity contribution in [1.82, 2.24) is 10.2 Å². The molecule has 1 saturated carbocycles. The Balaban J connectivity index is 0.00000220. The Morgan fingerprint density at radius 1 is 1.52 bits per heavy atom. The van der Waals surface area contributed by atoms with Crippen LogP contribution in [0, 0.1) is 11.3 Å². The van der Waals surface area contributed by atoms with E-state index >= 15 is 0 Å². The Hall–Kier alpha value is -0.300. The van der Waals surface area contributed by atoms with Crippen LogP contribution in [0.5, 0.6) is 0 Å². The first kappa shape index (κ1) is 18.7. The zero-order valence-electron chi connectivity index (χ0n) is 13.8. The van der Waals surface area contributed by atoms with Crippen molar-refractivity contribution >= 4 is 29.9 Å². The zero-order chi connectivity index (χ0) is 14.8. The lowest BCUT2D eigenvalue weighted by molar-refractivity contribution is -0.107. The summed E-state index contributed by atoms with van der Waals surface area (Å²) >= 11 is 0. The number of fused-ring (bicyclic) bond motifs is 1. The van der Waals surface area contributed by atoms with E-state index in [1.54, 1.807) is 0 Å². The maximum atomic E-state index is 5.85. The first-order valence-electron chi connectivity index (χ1n) is 7.69. The van der Waals surface area contributed by atoms with E-state index in [4.69, 9.17) is 4.74 Å². The number of hydrogen-bond acceptors (Lipinski definition) is 2. The molecular weight excluding hydrogens is 377 g/mol. The van der Waals surface area contributed by atoms with Crippen molar-refractivity contribution in [3.63, 3.8) is 0 Å². The minimum atomic E-state index is 0. The molecule has 3 unspecified atom stereocenters. The fourth-order valence-electron chi connectivity index (χ4n) is 3.68. The van der Waals surface area contributed by atoms with E-state index in [0.717, 1.165) is 32.0 Å². The molecule has 0 spiro atoms. The van der Waals surface area contributed by atoms with Gasteiger partial charge in [-0.15, -0.1) is 30.6 Å². The van der Waals surface area contributed by atoms with Gasteiger partial charge in [-0.1, -0.05) is 19.9 Å². The van der Waals surface area contributed by atoms with Crippen LogP contribution < -0.4 is 5.32 Å². The SMILES string of the molecule is C=CCCCN(C)C(=NC)NC1C2CCOC2C1(C)C.I. The largest absolute Gasteiger partial charge is 0.377 e. The third-order valence-electron chi connectivity index (χ3n) is 4.86. The van der Waals surface area contributed by atoms with Crippen LogP contribution in [0.25, 0.3) is 0 Å². The topological polar surface area (TPSA) is 36.9 Å². The van der Waals surface area contributed by atoms with Gasteiger partial charge in [-0.05, 0) is 19.3 Å². The molecule has 1 saturated heterocycles. The van der Waals surface area contributed by atoms with E-state index in [1.807, 2.05) is 13.1 Å². The summed E-state index contributed by atoms with van der Waals surface area (Å²) in [5, 5.41) is 3.66. The number of nitrogens with zero attached hydrogens (tertiary/aromatic N) is 2. The van der Waals surface area contributed by atoms with Crippen molar-refractivity contribution in [2.24, 2.45) is 16.3 Å². The molecule has 0 bridgehead atoms. The molecule has 0 aromatic carbocycles. The number of ether oxygens (including phenoxy) is 1. The Kier molecular flexibility index (Phi) is 6.97. The summed E-state index contributed by atoms with van der Waals surface area (Å²) in [6, 6.07) is 0.468. The number of hydrogen-bond donors (Lipinski definition) is 1. The number of nitrogens with one attached hydrogen (secondary N) is 1. The molecule has 122 valence electrons. The lowest BCUT2D eigenvalue weighted by Crippen LogP contribution is -2.68. The molecule has 3 atom stereocenters. The Labute approximate surface area is 146 Å². The van der Waals surface area contributed by atoms with Crippen molar-refractivity contribution in [2.75, 3.05) is 27.2 Å². The van der Waals surface area contributed by atoms with Gasteiger partial charge in [-0.3, -0.25) is 4.99 Å². The average molecular weight is 407 g/mol. The van der Waals surface area contributed by atoms with Crippen LogP contribution in [0.15, 0.2) is 17.6 Å². The van der Waals surface area contributed by atoms with Crippen molar-refractivity contribution < 1.29 is 4.74 Å². The number of rotatable bonds is 5. The third-order valence-corrected chi connectivity index (χ3v) is 4.86. The number of halogens is 1. The maximum absolute atomic E-state index is 5.85. The summed E-state index contributed by atoms with van der Waals surface area (Å²) < 4.78 is 5.85. The van der Waals surface area contributed by atoms with Crippen molar-refractivity contribution in [2.45, 2.75) is 45.3 Å². The summed E-state index contributed by atoms with van der Waals surface area (Å²) in [6.45, 7) is 10.3. The average Bonchev–Trinajstić information content (AvgIpc) is 2.86. The molecular formula is C16H30IN3O. The van der Waals surface area contributed by atoms with Gasteiger partial charge in [-0.2, -0.15) is 0 Å². The molecule has 2 fully saturated rings. The molecule has 0 aromatic rings. The second-order valence-electron chi connectivity index (χ2n) is 6.59. The molecule has 5 heteroatoms. The molecule has 0 aromatic heterocycles. The molecule has 2 aliphatic rings. The smallest absolute Gasteiger partial charge is 0.193 e. The molecule has 1 N–H and O–H groups in total. The predicted molar refractivity (Wildman–Crippen MR) is 99.4 cm³/mol. The first-order valence-corrected chi connectivity index (χ1v) is 7.69. The first-order chi connectivity index (χ1) is 9.52. The predicted octanol–water partition coefficient (Wildman–Crippen LogP) is 2.89. The van der Waals surface area contributed by atoms with Crippen LogP contribution in [0.1, 0.15) is 33.1 Å². The van der Waals surface area contributed by atoms with Gasteiger partial charge in [0, 0.05) is 44.6 Å². The van der Waals surface area contributed by atoms with Gasteiger partial charge in [0.2, 0.25) is 0 Å². The van der Waals surface area contributed by atoms with E-state index < -0.39 is 0 Å². The summed E-state index contributed by atoms with van der Waals surface area (Å²) in [6.07, 6.45) is 5.73. The Bertz CT molecular complexity index is 384. The fraction of sp³-hybridized carbons (Fsp3) is 0.812. The van der Waals surface area contributed by atoms with Gasteiger partial charge in [0.25, 0.3) is 0 Å². The second-order valence-corrected chi connectivity index (χ2v) is 6.59. The van der Waals surface area contributed by atoms with E-state index in [9.17, 15) is 0 Å². The van der Waals surface area contributed by atoms with Gasteiger partial charge in [0.1, 0.15) is 0 Å². The van der Waals surface area contributed by atoms with Crippen LogP contribution in [0.4, 0.5) is 0 Å². The van der Waals surface area contributed by atoms with Crippen LogP contribution in [-0.4, -0.2) is 50.3 Å². The highest BCUT2D eigenvalue weighted by atomic mass is 127. The standard InChI is InChI=1S/C16H29N3O.HI/c1-6-7-8-10-19(5)15(17-4)18-13-12-9-11-20-14(12)16(13,2)3;/h6,12-14H,1,7-11H2,2-5H3,(H,17,18);1H. The highest BCUT2D eigenvalue weighted by Crippen LogP contribution is 2.52. The summed E-state index contributed by atoms with van der Waals surface area (Å²) in [5.41, 5.74) is 0.194. The van der Waals surface area contributed by atoms with E-state index in [0.29, 0.717) is 18.1 Å². The molecule has 21 heavy (non-hydrogen) atoms. The number of allylic oxidation sites excluding steroid dienone is 1. The maximum Gasteiger partial charge on any atom is 0.193 e. The minimum absolute atomic E-state index is 0. The van der Waals surface area contributed by atoms with E-state index in [1.165, 1.54) is 6.42 Å². The van der Waals surface area contributed by atoms with Gasteiger partial charge < -0.3 is 15.0 Å². The van der Waals surface area contributed by atoms with Gasteiger partial charge in [0.05, 0.1) is 6.10 Å². The lowest BCUT2D eigenvalue weighted by atomic mass is 9.57. The van der Waals surface area contributed by atoms with E-state index in [-0.39, 0.29) is 29.4 Å². The monoisotopic (exact) mass is 407 g/mol. The van der Waals surface area contributed by atoms with Crippen molar-refractivity contribution in [1.29, 1.82) is 0 Å². The Morgan fingerprint density at radius 2 is 2.24 bits per heavy atom. The van der Waals surface area contributed by atoms with Crippen LogP contribution >= 0.6 is 24.0 Å². The number of unbranched alkanes of at least 4 members (excludes halogenated alkanes) is 1. The second kappa shape index (κ2) is 7.81. The molecule has 0 radical (unpaired) electrons. The van der Waals surface area contributed by atoms with Gasteiger partial charge >= 0.3 is 0 Å². The molecule has 1 heterocycles. The summed E-state index contributed by atoms with van der Waals surface area (Å²) in [7, 11) is 3.97. The normalized spacial score (nSPS) is 29.9. The minimum Gasteiger partial charge on any atom is -0.377 e. The molecule has 1 aliphatic heterocycles.